The van der Waals surface area contributed by atoms with Crippen molar-refractivity contribution >= 4 is 50.6 Å². The molecule has 0 saturated heterocycles. The predicted molar refractivity (Wildman–Crippen MR) is 130 cm³/mol. The van der Waals surface area contributed by atoms with Crippen molar-refractivity contribution in [3.8, 4) is 0 Å². The van der Waals surface area contributed by atoms with Gasteiger partial charge in [0.25, 0.3) is 10.0 Å². The normalized spacial score (nSPS) is 17.0. The summed E-state index contributed by atoms with van der Waals surface area (Å²) in [5.41, 5.74) is 2.32. The van der Waals surface area contributed by atoms with Gasteiger partial charge in [0.15, 0.2) is 5.84 Å². The van der Waals surface area contributed by atoms with E-state index in [9.17, 15) is 13.2 Å². The molecule has 0 N–H and O–H groups in total. The molecule has 32 heavy (non-hydrogen) atoms. The lowest BCUT2D eigenvalue weighted by Crippen LogP contribution is -2.23. The third-order valence-corrected chi connectivity index (χ3v) is 7.04. The maximum Gasteiger partial charge on any atom is 0.284 e. The molecule has 1 aliphatic rings. The SMILES string of the molecule is CC1=C(Cl)C(=O)C(C(C)C)=C(Cl)C1=NC(=NS(=O)(=O)c1ccc(C)cc1)c1ccccc1. The molecule has 0 aromatic heterocycles. The van der Waals surface area contributed by atoms with Crippen molar-refractivity contribution in [1.82, 2.24) is 0 Å². The Bertz CT molecular complexity index is 1290. The zero-order valence-electron chi connectivity index (χ0n) is 18.1. The minimum atomic E-state index is -4.06. The number of amidine groups is 1. The second-order valence-electron chi connectivity index (χ2n) is 7.68. The number of ketones is 1. The number of carbonyl (C=O) groups is 1. The lowest BCUT2D eigenvalue weighted by Gasteiger charge is -2.21. The number of benzene rings is 2. The lowest BCUT2D eigenvalue weighted by atomic mass is 9.89. The average molecular weight is 489 g/mol. The van der Waals surface area contributed by atoms with E-state index in [4.69, 9.17) is 23.2 Å². The van der Waals surface area contributed by atoms with Gasteiger partial charge in [0.1, 0.15) is 0 Å². The Morgan fingerprint density at radius 3 is 2.06 bits per heavy atom. The summed E-state index contributed by atoms with van der Waals surface area (Å²) in [5.74, 6) is -0.607. The summed E-state index contributed by atoms with van der Waals surface area (Å²) in [5, 5.41) is 0.147. The number of aryl methyl sites for hydroxylation is 1. The van der Waals surface area contributed by atoms with Crippen molar-refractivity contribution in [3.63, 3.8) is 0 Å². The minimum absolute atomic E-state index is 0.00523. The molecule has 0 heterocycles. The molecule has 2 aromatic carbocycles. The smallest absolute Gasteiger partial charge is 0.284 e. The molecule has 0 saturated carbocycles. The van der Waals surface area contributed by atoms with Crippen molar-refractivity contribution in [2.45, 2.75) is 32.6 Å². The summed E-state index contributed by atoms with van der Waals surface area (Å²) >= 11 is 12.9. The second-order valence-corrected chi connectivity index (χ2v) is 10.0. The van der Waals surface area contributed by atoms with Crippen LogP contribution in [0.5, 0.6) is 0 Å². The molecule has 0 bridgehead atoms. The zero-order valence-corrected chi connectivity index (χ0v) is 20.4. The maximum absolute atomic E-state index is 13.0. The largest absolute Gasteiger partial charge is 0.288 e. The lowest BCUT2D eigenvalue weighted by molar-refractivity contribution is -0.112. The summed E-state index contributed by atoms with van der Waals surface area (Å²) in [4.78, 5) is 17.2. The fourth-order valence-corrected chi connectivity index (χ4v) is 4.78. The average Bonchev–Trinajstić information content (AvgIpc) is 2.75. The molecule has 0 spiro atoms. The molecule has 8 heteroatoms. The highest BCUT2D eigenvalue weighted by atomic mass is 35.5. The van der Waals surface area contributed by atoms with Crippen LogP contribution < -0.4 is 0 Å². The molecule has 0 atom stereocenters. The second kappa shape index (κ2) is 9.53. The number of carbonyl (C=O) groups excluding carboxylic acids is 1. The molecule has 0 fully saturated rings. The third kappa shape index (κ3) is 4.93. The number of hydrogen-bond donors (Lipinski definition) is 0. The summed E-state index contributed by atoms with van der Waals surface area (Å²) in [6.07, 6.45) is 0. The van der Waals surface area contributed by atoms with Gasteiger partial charge in [-0.2, -0.15) is 8.42 Å². The highest BCUT2D eigenvalue weighted by Crippen LogP contribution is 2.34. The van der Waals surface area contributed by atoms with Crippen molar-refractivity contribution < 1.29 is 13.2 Å². The summed E-state index contributed by atoms with van der Waals surface area (Å²) in [7, 11) is -4.06. The van der Waals surface area contributed by atoms with E-state index < -0.39 is 10.0 Å². The van der Waals surface area contributed by atoms with E-state index in [2.05, 4.69) is 9.39 Å². The van der Waals surface area contributed by atoms with Crippen LogP contribution >= 0.6 is 23.2 Å². The van der Waals surface area contributed by atoms with Gasteiger partial charge in [-0.25, -0.2) is 4.99 Å². The van der Waals surface area contributed by atoms with Crippen molar-refractivity contribution in [3.05, 3.63) is 86.9 Å². The van der Waals surface area contributed by atoms with Gasteiger partial charge in [0.05, 0.1) is 20.7 Å². The van der Waals surface area contributed by atoms with Gasteiger partial charge in [-0.15, -0.1) is 4.40 Å². The van der Waals surface area contributed by atoms with Crippen LogP contribution in [0.25, 0.3) is 0 Å². The fourth-order valence-electron chi connectivity index (χ4n) is 3.14. The molecule has 1 aliphatic carbocycles. The van der Waals surface area contributed by atoms with Gasteiger partial charge in [0, 0.05) is 11.1 Å². The van der Waals surface area contributed by atoms with Crippen molar-refractivity contribution in [2.75, 3.05) is 0 Å². The van der Waals surface area contributed by atoms with Gasteiger partial charge in [-0.3, -0.25) is 4.79 Å². The summed E-state index contributed by atoms with van der Waals surface area (Å²) < 4.78 is 30.1. The molecule has 0 amide bonds. The van der Waals surface area contributed by atoms with Crippen LogP contribution in [0.15, 0.2) is 90.1 Å². The molecule has 0 radical (unpaired) electrons. The van der Waals surface area contributed by atoms with E-state index in [1.165, 1.54) is 12.1 Å². The number of Topliss-reactive ketones (excluding diaryl/α,β-unsaturated/α-hetero) is 1. The Hall–Kier alpha value is -2.54. The number of nitrogens with zero attached hydrogens (tertiary/aromatic N) is 2. The minimum Gasteiger partial charge on any atom is -0.288 e. The standard InChI is InChI=1S/C24H22Cl2N2O3S/c1-14(2)19-21(26)22(16(4)20(25)23(19)29)27-24(17-8-6-5-7-9-17)28-32(30,31)18-12-10-15(3)11-13-18/h5-14H,1-4H3. The maximum atomic E-state index is 13.0. The first-order valence-corrected chi connectivity index (χ1v) is 12.1. The highest BCUT2D eigenvalue weighted by molar-refractivity contribution is 7.90. The van der Waals surface area contributed by atoms with Crippen LogP contribution in [0.4, 0.5) is 0 Å². The van der Waals surface area contributed by atoms with Crippen LogP contribution in [-0.4, -0.2) is 25.7 Å². The van der Waals surface area contributed by atoms with E-state index in [1.54, 1.807) is 49.4 Å². The Morgan fingerprint density at radius 2 is 1.50 bits per heavy atom. The molecular formula is C24H22Cl2N2O3S. The van der Waals surface area contributed by atoms with Gasteiger partial charge in [0.2, 0.25) is 5.78 Å². The van der Waals surface area contributed by atoms with E-state index in [0.29, 0.717) is 16.7 Å². The first kappa shape index (κ1) is 24.1. The van der Waals surface area contributed by atoms with Crippen LogP contribution in [0.1, 0.15) is 31.9 Å². The Labute approximate surface area is 198 Å². The van der Waals surface area contributed by atoms with Crippen molar-refractivity contribution in [1.29, 1.82) is 0 Å². The number of aliphatic imine (C=N–C) groups is 1. The quantitative estimate of drug-likeness (QED) is 0.309. The first-order chi connectivity index (χ1) is 15.0. The van der Waals surface area contributed by atoms with E-state index in [1.807, 2.05) is 20.8 Å². The monoisotopic (exact) mass is 488 g/mol. The van der Waals surface area contributed by atoms with Gasteiger partial charge < -0.3 is 0 Å². The molecule has 0 aliphatic heterocycles. The molecule has 0 unspecified atom stereocenters. The van der Waals surface area contributed by atoms with Gasteiger partial charge in [-0.1, -0.05) is 85.1 Å². The Morgan fingerprint density at radius 1 is 0.906 bits per heavy atom. The van der Waals surface area contributed by atoms with Crippen LogP contribution in [0.3, 0.4) is 0 Å². The number of hydrogen-bond acceptors (Lipinski definition) is 3. The Kier molecular flexibility index (Phi) is 7.18. The number of rotatable bonds is 4. The predicted octanol–water partition coefficient (Wildman–Crippen LogP) is 5.82. The van der Waals surface area contributed by atoms with E-state index in [-0.39, 0.29) is 38.2 Å². The summed E-state index contributed by atoms with van der Waals surface area (Å²) in [6, 6.07) is 15.1. The summed E-state index contributed by atoms with van der Waals surface area (Å²) in [6.45, 7) is 7.14. The zero-order chi connectivity index (χ0) is 23.6. The van der Waals surface area contributed by atoms with Crippen LogP contribution in [-0.2, 0) is 14.8 Å². The van der Waals surface area contributed by atoms with Crippen LogP contribution in [0.2, 0.25) is 0 Å². The van der Waals surface area contributed by atoms with Crippen LogP contribution in [0, 0.1) is 12.8 Å². The third-order valence-electron chi connectivity index (χ3n) is 4.93. The highest BCUT2D eigenvalue weighted by Gasteiger charge is 2.31. The molecule has 166 valence electrons. The van der Waals surface area contributed by atoms with Crippen molar-refractivity contribution in [2.24, 2.45) is 15.3 Å². The fraction of sp³-hybridized carbons (Fsp3) is 0.208. The van der Waals surface area contributed by atoms with Gasteiger partial charge in [-0.05, 0) is 37.5 Å². The molecular weight excluding hydrogens is 467 g/mol. The number of sulfonamides is 1. The Balaban J connectivity index is 2.26. The number of allylic oxidation sites excluding steroid dienone is 4. The van der Waals surface area contributed by atoms with E-state index >= 15 is 0 Å². The first-order valence-electron chi connectivity index (χ1n) is 9.90. The van der Waals surface area contributed by atoms with Gasteiger partial charge >= 0.3 is 0 Å². The number of halogens is 2. The molecule has 2 aromatic rings. The molecule has 5 nitrogen and oxygen atoms in total. The van der Waals surface area contributed by atoms with E-state index in [0.717, 1.165) is 5.56 Å². The topological polar surface area (TPSA) is 75.9 Å². The molecule has 3 rings (SSSR count).